The van der Waals surface area contributed by atoms with Gasteiger partial charge in [0.15, 0.2) is 6.10 Å². The van der Waals surface area contributed by atoms with E-state index in [1.165, 1.54) is 48.5 Å². The van der Waals surface area contributed by atoms with Crippen molar-refractivity contribution in [1.29, 1.82) is 0 Å². The summed E-state index contributed by atoms with van der Waals surface area (Å²) in [5.74, 6) is -1.06. The minimum atomic E-state index is -4.68. The summed E-state index contributed by atoms with van der Waals surface area (Å²) in [5, 5.41) is 9.86. The molecule has 0 bridgehead atoms. The van der Waals surface area contributed by atoms with E-state index in [2.05, 4.69) is 0 Å². The molecule has 1 N–H and O–H groups in total. The highest BCUT2D eigenvalue weighted by Crippen LogP contribution is 2.47. The number of hydrogen-bond donors (Lipinski definition) is 1. The molecule has 5 aromatic carbocycles. The van der Waals surface area contributed by atoms with Gasteiger partial charge in [0, 0.05) is 28.9 Å². The average molecular weight is 754 g/mol. The largest absolute Gasteiger partial charge is 0.478 e. The molecule has 0 saturated heterocycles. The summed E-state index contributed by atoms with van der Waals surface area (Å²) in [4.78, 5) is 12.1. The van der Waals surface area contributed by atoms with E-state index in [4.69, 9.17) is 4.74 Å². The molecule has 0 fully saturated rings. The van der Waals surface area contributed by atoms with Crippen LogP contribution in [0, 0.1) is 6.92 Å². The number of carboxylic acid groups (broad SMARTS) is 1. The predicted molar refractivity (Wildman–Crippen MR) is 184 cm³/mol. The summed E-state index contributed by atoms with van der Waals surface area (Å²) in [6.07, 6.45) is -15.2. The molecule has 1 aromatic heterocycles. The van der Waals surface area contributed by atoms with E-state index in [9.17, 15) is 49.4 Å². The lowest BCUT2D eigenvalue weighted by Crippen LogP contribution is -2.29. The monoisotopic (exact) mass is 753 g/mol. The van der Waals surface area contributed by atoms with Crippen molar-refractivity contribution in [1.82, 2.24) is 4.57 Å². The molecule has 54 heavy (non-hydrogen) atoms. The summed E-state index contributed by atoms with van der Waals surface area (Å²) in [6.45, 7) is 1.60. The van der Waals surface area contributed by atoms with Crippen LogP contribution in [0.1, 0.15) is 27.9 Å². The Labute approximate surface area is 302 Å². The Hall–Kier alpha value is -5.98. The Morgan fingerprint density at radius 3 is 1.46 bits per heavy atom. The van der Waals surface area contributed by atoms with E-state index in [0.29, 0.717) is 22.4 Å². The summed E-state index contributed by atoms with van der Waals surface area (Å²) in [7, 11) is 0. The highest BCUT2D eigenvalue weighted by molar-refractivity contribution is 5.97. The van der Waals surface area contributed by atoms with Crippen molar-refractivity contribution in [3.05, 3.63) is 155 Å². The van der Waals surface area contributed by atoms with Gasteiger partial charge in [-0.05, 0) is 102 Å². The number of carbonyl (C=O) groups is 1. The number of hydrogen-bond acceptors (Lipinski definition) is 2. The Kier molecular flexibility index (Phi) is 10.1. The molecule has 0 radical (unpaired) electrons. The average Bonchev–Trinajstić information content (AvgIpc) is 3.43. The zero-order chi connectivity index (χ0) is 39.0. The van der Waals surface area contributed by atoms with Crippen molar-refractivity contribution in [2.75, 3.05) is 0 Å². The van der Waals surface area contributed by atoms with Crippen molar-refractivity contribution in [2.45, 2.75) is 38.0 Å². The van der Waals surface area contributed by atoms with Gasteiger partial charge in [0.25, 0.3) is 0 Å². The molecule has 0 unspecified atom stereocenters. The van der Waals surface area contributed by atoms with Crippen LogP contribution in [0.3, 0.4) is 0 Å². The first-order chi connectivity index (χ1) is 25.4. The van der Waals surface area contributed by atoms with Gasteiger partial charge >= 0.3 is 24.5 Å². The summed E-state index contributed by atoms with van der Waals surface area (Å²) >= 11 is 0. The quantitative estimate of drug-likeness (QED) is 0.150. The first-order valence-electron chi connectivity index (χ1n) is 16.2. The zero-order valence-electron chi connectivity index (χ0n) is 28.0. The van der Waals surface area contributed by atoms with Crippen LogP contribution in [0.2, 0.25) is 0 Å². The third-order valence-electron chi connectivity index (χ3n) is 8.81. The molecule has 6 aromatic rings. The molecule has 13 heteroatoms. The molecule has 0 aliphatic heterocycles. The van der Waals surface area contributed by atoms with Crippen molar-refractivity contribution in [3.8, 4) is 44.9 Å². The highest BCUT2D eigenvalue weighted by Gasteiger charge is 2.34. The Morgan fingerprint density at radius 1 is 0.593 bits per heavy atom. The SMILES string of the molecule is Cc1c(-c2ccc(C(F)(F)F)cc2)c(-c2ccc(C(F)(F)F)cc2)c(-c2ccc(O[C@H](Cc3ccccc3)C(=O)O)cc2)n1-c1ccc(C(F)(F)F)cc1. The topological polar surface area (TPSA) is 51.5 Å². The molecule has 0 spiro atoms. The van der Waals surface area contributed by atoms with Gasteiger partial charge in [0.05, 0.1) is 22.4 Å². The van der Waals surface area contributed by atoms with Gasteiger partial charge in [-0.2, -0.15) is 39.5 Å². The van der Waals surface area contributed by atoms with Crippen LogP contribution in [-0.4, -0.2) is 21.7 Å². The van der Waals surface area contributed by atoms with Gasteiger partial charge in [0.2, 0.25) is 0 Å². The number of carboxylic acids is 1. The third-order valence-corrected chi connectivity index (χ3v) is 8.81. The Bertz CT molecular complexity index is 2240. The zero-order valence-corrected chi connectivity index (χ0v) is 28.0. The fraction of sp³-hybridized carbons (Fsp3) is 0.146. The first-order valence-corrected chi connectivity index (χ1v) is 16.2. The second-order valence-electron chi connectivity index (χ2n) is 12.4. The number of rotatable bonds is 9. The summed E-state index contributed by atoms with van der Waals surface area (Å²) in [6, 6.07) is 27.3. The van der Waals surface area contributed by atoms with Crippen LogP contribution in [0.5, 0.6) is 5.75 Å². The number of nitrogens with zero attached hydrogens (tertiary/aromatic N) is 1. The van der Waals surface area contributed by atoms with Crippen molar-refractivity contribution >= 4 is 5.97 Å². The fourth-order valence-electron chi connectivity index (χ4n) is 6.24. The van der Waals surface area contributed by atoms with Crippen LogP contribution >= 0.6 is 0 Å². The van der Waals surface area contributed by atoms with Gasteiger partial charge in [-0.3, -0.25) is 0 Å². The molecule has 0 saturated carbocycles. The molecule has 278 valence electrons. The summed E-state index contributed by atoms with van der Waals surface area (Å²) < 4.78 is 130. The van der Waals surface area contributed by atoms with Crippen molar-refractivity contribution < 1.29 is 54.2 Å². The van der Waals surface area contributed by atoms with Gasteiger partial charge < -0.3 is 14.4 Å². The van der Waals surface area contributed by atoms with Gasteiger partial charge in [0.1, 0.15) is 5.75 Å². The third kappa shape index (κ3) is 7.99. The van der Waals surface area contributed by atoms with Gasteiger partial charge in [-0.1, -0.05) is 54.6 Å². The van der Waals surface area contributed by atoms with E-state index in [1.54, 1.807) is 54.0 Å². The van der Waals surface area contributed by atoms with Crippen LogP contribution in [-0.2, 0) is 29.7 Å². The molecule has 0 aliphatic carbocycles. The van der Waals surface area contributed by atoms with E-state index in [0.717, 1.165) is 36.4 Å². The number of aromatic nitrogens is 1. The molecule has 0 amide bonds. The van der Waals surface area contributed by atoms with Crippen LogP contribution < -0.4 is 4.74 Å². The second-order valence-corrected chi connectivity index (χ2v) is 12.4. The molecule has 0 aliphatic rings. The maximum atomic E-state index is 13.6. The smallest absolute Gasteiger partial charge is 0.416 e. The maximum absolute atomic E-state index is 13.6. The predicted octanol–water partition coefficient (Wildman–Crippen LogP) is 11.9. The lowest BCUT2D eigenvalue weighted by Gasteiger charge is -2.17. The van der Waals surface area contributed by atoms with Gasteiger partial charge in [-0.25, -0.2) is 4.79 Å². The van der Waals surface area contributed by atoms with Crippen molar-refractivity contribution in [2.24, 2.45) is 0 Å². The first kappa shape index (κ1) is 37.8. The van der Waals surface area contributed by atoms with Crippen LogP contribution in [0.4, 0.5) is 39.5 Å². The molecule has 6 rings (SSSR count). The minimum absolute atomic E-state index is 0.0441. The van der Waals surface area contributed by atoms with E-state index >= 15 is 0 Å². The van der Waals surface area contributed by atoms with E-state index < -0.39 is 47.3 Å². The van der Waals surface area contributed by atoms with Crippen LogP contribution in [0.15, 0.2) is 127 Å². The number of benzene rings is 5. The maximum Gasteiger partial charge on any atom is 0.416 e. The van der Waals surface area contributed by atoms with E-state index in [1.807, 2.05) is 0 Å². The molecule has 4 nitrogen and oxygen atoms in total. The van der Waals surface area contributed by atoms with Crippen molar-refractivity contribution in [3.63, 3.8) is 0 Å². The van der Waals surface area contributed by atoms with Gasteiger partial charge in [-0.15, -0.1) is 0 Å². The molecular formula is C41H28F9NO3. The molecule has 1 atom stereocenters. The van der Waals surface area contributed by atoms with E-state index in [-0.39, 0.29) is 40.2 Å². The number of halogens is 9. The second kappa shape index (κ2) is 14.4. The molecular weight excluding hydrogens is 725 g/mol. The Balaban J connectivity index is 1.56. The lowest BCUT2D eigenvalue weighted by molar-refractivity contribution is -0.145. The minimum Gasteiger partial charge on any atom is -0.478 e. The highest BCUT2D eigenvalue weighted by atomic mass is 19.4. The Morgan fingerprint density at radius 2 is 1.02 bits per heavy atom. The van der Waals surface area contributed by atoms with Crippen LogP contribution in [0.25, 0.3) is 39.2 Å². The lowest BCUT2D eigenvalue weighted by atomic mass is 9.92. The molecule has 1 heterocycles. The normalized spacial score (nSPS) is 12.8. The fourth-order valence-corrected chi connectivity index (χ4v) is 6.24. The number of ether oxygens (including phenoxy) is 1. The standard InChI is InChI=1S/C41H28F9NO3/c1-24-35(26-7-13-29(14-8-26)39(42,43)44)36(27-9-15-30(16-10-27)40(45,46)47)37(51(24)32-19-17-31(18-20-32)41(48,49)50)28-11-21-33(22-12-28)54-34(38(52)53)23-25-5-3-2-4-6-25/h2-22,34H,23H2,1H3,(H,52,53)/t34-/m1/s1. The number of alkyl halides is 9. The number of aliphatic carboxylic acids is 1. The summed E-state index contributed by atoms with van der Waals surface area (Å²) in [5.41, 5.74) is 0.206.